The van der Waals surface area contributed by atoms with E-state index in [1.165, 1.54) is 20.8 Å². The van der Waals surface area contributed by atoms with Crippen LogP contribution in [-0.4, -0.2) is 52.6 Å². The lowest BCUT2D eigenvalue weighted by Crippen LogP contribution is -2.45. The number of amides is 1. The molecule has 17 heteroatoms. The monoisotopic (exact) mass is 724 g/mol. The first-order valence-corrected chi connectivity index (χ1v) is 14.9. The Morgan fingerprint density at radius 1 is 1.02 bits per heavy atom. The summed E-state index contributed by atoms with van der Waals surface area (Å²) in [5.41, 5.74) is -6.14. The van der Waals surface area contributed by atoms with Crippen LogP contribution < -0.4 is 5.32 Å². The normalized spacial score (nSPS) is 16.0. The van der Waals surface area contributed by atoms with Gasteiger partial charge in [0.25, 0.3) is 11.8 Å². The largest absolute Gasteiger partial charge is 0.444 e. The number of aromatic nitrogens is 3. The van der Waals surface area contributed by atoms with Gasteiger partial charge in [0.2, 0.25) is 5.60 Å². The highest BCUT2D eigenvalue weighted by molar-refractivity contribution is 9.10. The highest BCUT2D eigenvalue weighted by atomic mass is 79.9. The molecule has 10 nitrogen and oxygen atoms in total. The maximum atomic E-state index is 15.0. The van der Waals surface area contributed by atoms with E-state index >= 15 is 13.2 Å². The molecule has 46 heavy (non-hydrogen) atoms. The fraction of sp³-hybridized carbons (Fsp3) is 0.517. The number of benzene rings is 1. The summed E-state index contributed by atoms with van der Waals surface area (Å²) in [7, 11) is 0. The van der Waals surface area contributed by atoms with Crippen molar-refractivity contribution in [3.05, 3.63) is 58.0 Å². The number of ether oxygens (including phenoxy) is 4. The molecule has 3 aromatic rings. The number of unbranched alkanes of at least 4 members (excludes halogenated alkanes) is 1. The summed E-state index contributed by atoms with van der Waals surface area (Å²) >= 11 is 2.74. The van der Waals surface area contributed by atoms with Gasteiger partial charge >= 0.3 is 18.4 Å². The van der Waals surface area contributed by atoms with E-state index in [2.05, 4.69) is 36.4 Å². The molecule has 0 unspecified atom stereocenters. The van der Waals surface area contributed by atoms with Crippen LogP contribution >= 0.6 is 15.9 Å². The van der Waals surface area contributed by atoms with Gasteiger partial charge in [-0.15, -0.1) is 10.2 Å². The molecule has 1 amide bonds. The molecule has 0 aliphatic carbocycles. The zero-order valence-corrected chi connectivity index (χ0v) is 26.5. The number of nitrogens with zero attached hydrogens (tertiary/aromatic N) is 3. The minimum atomic E-state index is -5.09. The first-order valence-electron chi connectivity index (χ1n) is 14.1. The Balaban J connectivity index is 1.74. The van der Waals surface area contributed by atoms with E-state index in [4.69, 9.17) is 23.4 Å². The number of pyridine rings is 1. The van der Waals surface area contributed by atoms with Crippen LogP contribution in [0.3, 0.4) is 0 Å². The predicted molar refractivity (Wildman–Crippen MR) is 153 cm³/mol. The molecule has 4 rings (SSSR count). The van der Waals surface area contributed by atoms with Gasteiger partial charge in [0, 0.05) is 0 Å². The summed E-state index contributed by atoms with van der Waals surface area (Å²) in [4.78, 5) is 16.3. The second-order valence-corrected chi connectivity index (χ2v) is 12.0. The highest BCUT2D eigenvalue weighted by Gasteiger charge is 2.61. The number of carbonyl (C=O) groups is 1. The second kappa shape index (κ2) is 14.2. The van der Waals surface area contributed by atoms with E-state index < -0.39 is 82.3 Å². The number of rotatable bonds is 11. The Kier molecular flexibility index (Phi) is 11.0. The standard InChI is InChI=1S/C29H31BrF6N4O6/c1-26(2,3)46-25(41)37-19-15-18(28(31,32)33)22(30)38-21(19)23-39-40-24(45-23)27(29(34,35)36,44-16-17-9-5-4-6-10-17)12-8-7-11-20-42-13-14-43-20/h4-6,9-10,15,20H,7-8,11-14,16H2,1-3H3,(H,37,41)/t27-/m1/s1. The smallest absolute Gasteiger partial charge is 0.426 e. The summed E-state index contributed by atoms with van der Waals surface area (Å²) in [5.74, 6) is -1.71. The number of nitrogens with one attached hydrogen (secondary N) is 1. The van der Waals surface area contributed by atoms with Crippen molar-refractivity contribution < 1.29 is 54.5 Å². The average Bonchev–Trinajstić information content (AvgIpc) is 3.65. The second-order valence-electron chi connectivity index (χ2n) is 11.3. The van der Waals surface area contributed by atoms with Crippen molar-refractivity contribution in [3.8, 4) is 11.6 Å². The molecule has 1 aliphatic rings. The summed E-state index contributed by atoms with van der Waals surface area (Å²) in [6.07, 6.45) is -11.7. The van der Waals surface area contributed by atoms with Crippen LogP contribution in [0.2, 0.25) is 0 Å². The van der Waals surface area contributed by atoms with Crippen LogP contribution in [0, 0.1) is 0 Å². The molecule has 1 aliphatic heterocycles. The van der Waals surface area contributed by atoms with Gasteiger partial charge in [-0.1, -0.05) is 30.3 Å². The van der Waals surface area contributed by atoms with Gasteiger partial charge in [0.15, 0.2) is 12.0 Å². The number of hydrogen-bond acceptors (Lipinski definition) is 9. The quantitative estimate of drug-likeness (QED) is 0.119. The zero-order chi connectivity index (χ0) is 33.8. The number of carbonyl (C=O) groups excluding carboxylic acids is 1. The molecule has 1 atom stereocenters. The molecule has 2 aromatic heterocycles. The van der Waals surface area contributed by atoms with Gasteiger partial charge in [-0.05, 0) is 74.0 Å². The van der Waals surface area contributed by atoms with Gasteiger partial charge in [0.1, 0.15) is 10.2 Å². The van der Waals surface area contributed by atoms with Crippen LogP contribution in [0.15, 0.2) is 45.4 Å². The van der Waals surface area contributed by atoms with Gasteiger partial charge in [-0.2, -0.15) is 26.3 Å². The van der Waals surface area contributed by atoms with Crippen molar-refractivity contribution in [1.82, 2.24) is 15.2 Å². The molecule has 0 bridgehead atoms. The van der Waals surface area contributed by atoms with Gasteiger partial charge < -0.3 is 23.4 Å². The Bertz CT molecular complexity index is 1480. The fourth-order valence-corrected chi connectivity index (χ4v) is 4.99. The lowest BCUT2D eigenvalue weighted by atomic mass is 9.94. The van der Waals surface area contributed by atoms with E-state index in [1.54, 1.807) is 30.3 Å². The highest BCUT2D eigenvalue weighted by Crippen LogP contribution is 2.47. The van der Waals surface area contributed by atoms with E-state index in [0.29, 0.717) is 31.3 Å². The van der Waals surface area contributed by atoms with Crippen molar-refractivity contribution in [2.75, 3.05) is 18.5 Å². The van der Waals surface area contributed by atoms with Crippen molar-refractivity contribution >= 4 is 27.7 Å². The van der Waals surface area contributed by atoms with Crippen LogP contribution in [0.25, 0.3) is 11.6 Å². The van der Waals surface area contributed by atoms with E-state index in [-0.39, 0.29) is 12.8 Å². The summed E-state index contributed by atoms with van der Waals surface area (Å²) in [5, 5.41) is 9.49. The van der Waals surface area contributed by atoms with Crippen LogP contribution in [0.1, 0.15) is 63.5 Å². The van der Waals surface area contributed by atoms with Crippen molar-refractivity contribution in [2.24, 2.45) is 0 Å². The summed E-state index contributed by atoms with van der Waals surface area (Å²) in [6, 6.07) is 8.63. The molecule has 1 aromatic carbocycles. The van der Waals surface area contributed by atoms with Gasteiger partial charge in [0.05, 0.1) is 31.1 Å². The summed E-state index contributed by atoms with van der Waals surface area (Å²) in [6.45, 7) is 4.88. The third-order valence-corrected chi connectivity index (χ3v) is 7.19. The van der Waals surface area contributed by atoms with Crippen LogP contribution in [0.4, 0.5) is 36.8 Å². The Hall–Kier alpha value is -3.28. The number of halogens is 7. The maximum absolute atomic E-state index is 15.0. The molecule has 1 N–H and O–H groups in total. The molecular weight excluding hydrogens is 694 g/mol. The Morgan fingerprint density at radius 2 is 1.70 bits per heavy atom. The third kappa shape index (κ3) is 8.95. The lowest BCUT2D eigenvalue weighted by Gasteiger charge is -2.32. The molecular formula is C29H31BrF6N4O6. The molecule has 3 heterocycles. The average molecular weight is 725 g/mol. The Morgan fingerprint density at radius 3 is 2.30 bits per heavy atom. The van der Waals surface area contributed by atoms with Crippen LogP contribution in [0.5, 0.6) is 0 Å². The summed E-state index contributed by atoms with van der Waals surface area (Å²) < 4.78 is 112. The van der Waals surface area contributed by atoms with E-state index in [0.717, 1.165) is 0 Å². The van der Waals surface area contributed by atoms with Crippen molar-refractivity contribution in [2.45, 2.75) is 82.9 Å². The third-order valence-electron chi connectivity index (χ3n) is 6.59. The molecule has 0 radical (unpaired) electrons. The van der Waals surface area contributed by atoms with Crippen molar-refractivity contribution in [1.29, 1.82) is 0 Å². The molecule has 252 valence electrons. The molecule has 0 saturated carbocycles. The van der Waals surface area contributed by atoms with Gasteiger partial charge in [-0.3, -0.25) is 5.32 Å². The minimum Gasteiger partial charge on any atom is -0.444 e. The van der Waals surface area contributed by atoms with E-state index in [9.17, 15) is 18.0 Å². The maximum Gasteiger partial charge on any atom is 0.426 e. The minimum absolute atomic E-state index is 0.0231. The topological polar surface area (TPSA) is 118 Å². The molecule has 1 fully saturated rings. The van der Waals surface area contributed by atoms with Gasteiger partial charge in [-0.25, -0.2) is 9.78 Å². The first kappa shape index (κ1) is 35.6. The number of anilines is 1. The molecule has 0 spiro atoms. The van der Waals surface area contributed by atoms with Crippen LogP contribution in [-0.2, 0) is 37.3 Å². The fourth-order valence-electron chi connectivity index (χ4n) is 4.47. The first-order chi connectivity index (χ1) is 21.5. The number of hydrogen-bond donors (Lipinski definition) is 1. The molecule has 1 saturated heterocycles. The predicted octanol–water partition coefficient (Wildman–Crippen LogP) is 8.17. The van der Waals surface area contributed by atoms with E-state index in [1.807, 2.05) is 0 Å². The van der Waals surface area contributed by atoms with Crippen molar-refractivity contribution in [3.63, 3.8) is 0 Å². The Labute approximate surface area is 268 Å². The SMILES string of the molecule is CC(C)(C)OC(=O)Nc1cc(C(F)(F)F)c(Br)nc1-c1nnc([C@@](CCCCC2OCCO2)(OCc2ccccc2)C(F)(F)F)o1. The number of alkyl halides is 6. The zero-order valence-electron chi connectivity index (χ0n) is 24.9. The lowest BCUT2D eigenvalue weighted by molar-refractivity contribution is -0.300.